The van der Waals surface area contributed by atoms with Gasteiger partial charge in [-0.25, -0.2) is 4.98 Å². The number of nitrogens with one attached hydrogen (secondary N) is 2. The van der Waals surface area contributed by atoms with E-state index >= 15 is 0 Å². The molecule has 0 saturated heterocycles. The molecule has 1 unspecified atom stereocenters. The molecule has 3 N–H and O–H groups in total. The molecular formula is C10H17N3O3. The molecule has 0 aliphatic carbocycles. The molecule has 1 rings (SSSR count). The highest BCUT2D eigenvalue weighted by atomic mass is 16.5. The lowest BCUT2D eigenvalue weighted by molar-refractivity contribution is 0.0615. The summed E-state index contributed by atoms with van der Waals surface area (Å²) in [6.45, 7) is 2.57. The predicted molar refractivity (Wildman–Crippen MR) is 60.6 cm³/mol. The minimum atomic E-state index is -0.499. The number of aliphatic hydroxyl groups excluding tert-OH is 1. The Bertz CT molecular complexity index is 378. The number of aliphatic hydroxyl groups is 1. The fourth-order valence-corrected chi connectivity index (χ4v) is 1.31. The van der Waals surface area contributed by atoms with Crippen LogP contribution in [0.4, 0.5) is 5.82 Å². The maximum Gasteiger partial charge on any atom is 0.252 e. The van der Waals surface area contributed by atoms with Crippen molar-refractivity contribution in [3.63, 3.8) is 0 Å². The van der Waals surface area contributed by atoms with Crippen LogP contribution in [0.1, 0.15) is 12.2 Å². The Balaban J connectivity index is 2.40. The van der Waals surface area contributed by atoms with Gasteiger partial charge in [0.2, 0.25) is 0 Å². The smallest absolute Gasteiger partial charge is 0.252 e. The lowest BCUT2D eigenvalue weighted by atomic mass is 10.2. The van der Waals surface area contributed by atoms with E-state index in [4.69, 9.17) is 4.74 Å². The predicted octanol–water partition coefficient (Wildman–Crippen LogP) is -0.112. The molecule has 0 aliphatic heterocycles. The molecule has 0 fully saturated rings. The third kappa shape index (κ3) is 4.41. The molecule has 0 aromatic carbocycles. The zero-order valence-corrected chi connectivity index (χ0v) is 9.49. The van der Waals surface area contributed by atoms with E-state index in [9.17, 15) is 9.90 Å². The normalized spacial score (nSPS) is 12.4. The molecule has 0 saturated carbocycles. The number of anilines is 1. The number of aromatic amines is 1. The summed E-state index contributed by atoms with van der Waals surface area (Å²) in [7, 11) is 1.54. The highest BCUT2D eigenvalue weighted by molar-refractivity contribution is 5.32. The van der Waals surface area contributed by atoms with Gasteiger partial charge >= 0.3 is 0 Å². The first-order valence-corrected chi connectivity index (χ1v) is 5.10. The van der Waals surface area contributed by atoms with E-state index in [1.807, 2.05) is 0 Å². The van der Waals surface area contributed by atoms with Crippen molar-refractivity contribution in [1.82, 2.24) is 9.97 Å². The van der Waals surface area contributed by atoms with E-state index in [0.717, 1.165) is 0 Å². The molecule has 0 bridgehead atoms. The minimum absolute atomic E-state index is 0.188. The minimum Gasteiger partial charge on any atom is -0.391 e. The summed E-state index contributed by atoms with van der Waals surface area (Å²) in [5, 5.41) is 12.4. The van der Waals surface area contributed by atoms with E-state index in [0.29, 0.717) is 31.2 Å². The molecule has 0 amide bonds. The van der Waals surface area contributed by atoms with Gasteiger partial charge in [-0.3, -0.25) is 4.79 Å². The molecule has 16 heavy (non-hydrogen) atoms. The van der Waals surface area contributed by atoms with Crippen molar-refractivity contribution >= 4 is 5.82 Å². The van der Waals surface area contributed by atoms with E-state index < -0.39 is 6.10 Å². The zero-order chi connectivity index (χ0) is 12.0. The molecular weight excluding hydrogens is 210 g/mol. The standard InChI is InChI=1S/C10H17N3O3/c1-7-12-9(5-10(15)13-7)11-4-3-8(14)6-16-2/h5,8,14H,3-4,6H2,1-2H3,(H2,11,12,13,15). The molecule has 0 radical (unpaired) electrons. The lowest BCUT2D eigenvalue weighted by Gasteiger charge is -2.10. The summed E-state index contributed by atoms with van der Waals surface area (Å²) in [5.74, 6) is 1.08. The Morgan fingerprint density at radius 1 is 1.69 bits per heavy atom. The average Bonchev–Trinajstić information content (AvgIpc) is 2.16. The van der Waals surface area contributed by atoms with Crippen molar-refractivity contribution in [2.24, 2.45) is 0 Å². The monoisotopic (exact) mass is 227 g/mol. The Hall–Kier alpha value is -1.40. The zero-order valence-electron chi connectivity index (χ0n) is 9.49. The number of H-pyrrole nitrogens is 1. The van der Waals surface area contributed by atoms with Gasteiger partial charge in [-0.05, 0) is 13.3 Å². The van der Waals surface area contributed by atoms with Gasteiger partial charge in [0, 0.05) is 19.7 Å². The maximum atomic E-state index is 11.1. The highest BCUT2D eigenvalue weighted by Gasteiger charge is 2.03. The van der Waals surface area contributed by atoms with Gasteiger partial charge in [0.15, 0.2) is 0 Å². The largest absolute Gasteiger partial charge is 0.391 e. The van der Waals surface area contributed by atoms with Gasteiger partial charge in [-0.2, -0.15) is 0 Å². The number of methoxy groups -OCH3 is 1. The molecule has 1 aromatic rings. The maximum absolute atomic E-state index is 11.1. The first-order chi connectivity index (χ1) is 7.61. The number of aryl methyl sites for hydroxylation is 1. The molecule has 0 aliphatic rings. The van der Waals surface area contributed by atoms with Gasteiger partial charge in [0.1, 0.15) is 11.6 Å². The number of nitrogens with zero attached hydrogens (tertiary/aromatic N) is 1. The number of hydrogen-bond acceptors (Lipinski definition) is 5. The molecule has 1 heterocycles. The van der Waals surface area contributed by atoms with Gasteiger partial charge < -0.3 is 20.1 Å². The summed E-state index contributed by atoms with van der Waals surface area (Å²) in [4.78, 5) is 17.8. The van der Waals surface area contributed by atoms with Crippen LogP contribution in [0.25, 0.3) is 0 Å². The Morgan fingerprint density at radius 3 is 3.06 bits per heavy atom. The fraction of sp³-hybridized carbons (Fsp3) is 0.600. The summed E-state index contributed by atoms with van der Waals surface area (Å²) in [5.41, 5.74) is -0.188. The second kappa shape index (κ2) is 6.24. The van der Waals surface area contributed by atoms with Crippen molar-refractivity contribution in [3.05, 3.63) is 22.2 Å². The second-order valence-corrected chi connectivity index (χ2v) is 3.54. The molecule has 6 heteroatoms. The first kappa shape index (κ1) is 12.7. The van der Waals surface area contributed by atoms with Crippen LogP contribution in [0.15, 0.2) is 10.9 Å². The Morgan fingerprint density at radius 2 is 2.44 bits per heavy atom. The highest BCUT2D eigenvalue weighted by Crippen LogP contribution is 1.99. The van der Waals surface area contributed by atoms with Crippen LogP contribution >= 0.6 is 0 Å². The van der Waals surface area contributed by atoms with E-state index in [1.165, 1.54) is 13.2 Å². The van der Waals surface area contributed by atoms with E-state index in [-0.39, 0.29) is 5.56 Å². The van der Waals surface area contributed by atoms with E-state index in [1.54, 1.807) is 6.92 Å². The van der Waals surface area contributed by atoms with Gasteiger partial charge in [0.25, 0.3) is 5.56 Å². The van der Waals surface area contributed by atoms with Gasteiger partial charge in [-0.15, -0.1) is 0 Å². The van der Waals surface area contributed by atoms with Crippen molar-refractivity contribution in [3.8, 4) is 0 Å². The van der Waals surface area contributed by atoms with Crippen LogP contribution < -0.4 is 10.9 Å². The SMILES string of the molecule is COCC(O)CCNc1cc(=O)[nH]c(C)n1. The van der Waals surface area contributed by atoms with Crippen LogP contribution in [0, 0.1) is 6.92 Å². The summed E-state index contributed by atoms with van der Waals surface area (Å²) >= 11 is 0. The Labute approximate surface area is 93.7 Å². The molecule has 1 aromatic heterocycles. The Kier molecular flexibility index (Phi) is 4.94. The van der Waals surface area contributed by atoms with Crippen molar-refractivity contribution in [1.29, 1.82) is 0 Å². The van der Waals surface area contributed by atoms with Crippen molar-refractivity contribution < 1.29 is 9.84 Å². The number of rotatable bonds is 6. The molecule has 0 spiro atoms. The number of aromatic nitrogens is 2. The third-order valence-corrected chi connectivity index (χ3v) is 2.00. The molecule has 90 valence electrons. The van der Waals surface area contributed by atoms with Crippen LogP contribution in [-0.2, 0) is 4.74 Å². The number of hydrogen-bond donors (Lipinski definition) is 3. The van der Waals surface area contributed by atoms with E-state index in [2.05, 4.69) is 15.3 Å². The third-order valence-electron chi connectivity index (χ3n) is 2.00. The summed E-state index contributed by atoms with van der Waals surface area (Å²) in [6, 6.07) is 1.38. The fourth-order valence-electron chi connectivity index (χ4n) is 1.31. The summed E-state index contributed by atoms with van der Waals surface area (Å²) < 4.78 is 4.80. The van der Waals surface area contributed by atoms with Crippen LogP contribution in [0.5, 0.6) is 0 Å². The topological polar surface area (TPSA) is 87.2 Å². The van der Waals surface area contributed by atoms with Gasteiger partial charge in [0.05, 0.1) is 12.7 Å². The summed E-state index contributed by atoms with van der Waals surface area (Å²) in [6.07, 6.45) is 0.0436. The van der Waals surface area contributed by atoms with Crippen LogP contribution in [0.2, 0.25) is 0 Å². The molecule has 1 atom stereocenters. The first-order valence-electron chi connectivity index (χ1n) is 5.10. The number of ether oxygens (including phenoxy) is 1. The van der Waals surface area contributed by atoms with Crippen molar-refractivity contribution in [2.45, 2.75) is 19.4 Å². The van der Waals surface area contributed by atoms with Crippen molar-refractivity contribution in [2.75, 3.05) is 25.6 Å². The van der Waals surface area contributed by atoms with Gasteiger partial charge in [-0.1, -0.05) is 0 Å². The van der Waals surface area contributed by atoms with Crippen LogP contribution in [0.3, 0.4) is 0 Å². The lowest BCUT2D eigenvalue weighted by Crippen LogP contribution is -2.19. The quantitative estimate of drug-likeness (QED) is 0.631. The van der Waals surface area contributed by atoms with Crippen LogP contribution in [-0.4, -0.2) is 41.4 Å². The average molecular weight is 227 g/mol. The molecule has 6 nitrogen and oxygen atoms in total. The second-order valence-electron chi connectivity index (χ2n) is 3.54.